The molecule has 10 atom stereocenters. The molecule has 14 heteroatoms. The maximum atomic E-state index is 13.6. The minimum atomic E-state index is -3.59. The van der Waals surface area contributed by atoms with Crippen LogP contribution in [0.15, 0.2) is 84.9 Å². The summed E-state index contributed by atoms with van der Waals surface area (Å²) >= 11 is 0. The molecule has 0 aliphatic carbocycles. The molecular weight excluding hydrogens is 840 g/mol. The van der Waals surface area contributed by atoms with Crippen molar-refractivity contribution in [1.82, 2.24) is 0 Å². The molecule has 8 unspecified atom stereocenters. The van der Waals surface area contributed by atoms with Crippen LogP contribution in [0.4, 0.5) is 0 Å². The number of hydrogen-bond donors (Lipinski definition) is 0. The standard InChI is InChI=1S/C49H69O12PSi/c1-33-28-49(60-43(25-36(50)32-62(51,53-9)54-10)45(33)55-30-35-21-23-37(52-8)24-22-35)29-34(2)46-44(61-49)27-41(57-46)42-26-38(58-48(6,7)59-42)31-56-63(47(3,4)5,39-17-13-11-14-18-39)40-19-15-12-16-20-40/h11-24,33-34,38,41-46H,25-32H2,1-10H3/t33-,34-,38?,41?,42?,43?,44?,45?,46?,49?/m0/s1. The molecule has 0 N–H and O–H groups in total. The van der Waals surface area contributed by atoms with E-state index >= 15 is 0 Å². The Morgan fingerprint density at radius 2 is 1.40 bits per heavy atom. The number of ketones is 1. The van der Waals surface area contributed by atoms with Gasteiger partial charge in [0.1, 0.15) is 17.7 Å². The molecule has 7 rings (SSSR count). The Hall–Kier alpha value is -2.78. The van der Waals surface area contributed by atoms with Crippen molar-refractivity contribution < 1.29 is 56.0 Å². The van der Waals surface area contributed by atoms with Gasteiger partial charge >= 0.3 is 7.60 Å². The Labute approximate surface area is 375 Å². The van der Waals surface area contributed by atoms with Crippen molar-refractivity contribution in [3.05, 3.63) is 90.5 Å². The van der Waals surface area contributed by atoms with E-state index < -0.39 is 39.7 Å². The number of benzene rings is 3. The Morgan fingerprint density at radius 3 is 1.98 bits per heavy atom. The number of hydrogen-bond acceptors (Lipinski definition) is 12. The Balaban J connectivity index is 1.07. The highest BCUT2D eigenvalue weighted by Crippen LogP contribution is 2.51. The van der Waals surface area contributed by atoms with E-state index in [2.05, 4.69) is 95.3 Å². The van der Waals surface area contributed by atoms with Gasteiger partial charge in [0.2, 0.25) is 0 Å². The lowest BCUT2D eigenvalue weighted by Gasteiger charge is -2.52. The Bertz CT molecular complexity index is 1960. The van der Waals surface area contributed by atoms with Gasteiger partial charge in [0.15, 0.2) is 11.6 Å². The van der Waals surface area contributed by atoms with Crippen molar-refractivity contribution in [3.8, 4) is 5.75 Å². The summed E-state index contributed by atoms with van der Waals surface area (Å²) in [6.45, 7) is 15.8. The molecule has 4 aliphatic rings. The molecule has 0 amide bonds. The fourth-order valence-electron chi connectivity index (χ4n) is 10.6. The maximum absolute atomic E-state index is 13.6. The number of fused-ring (bicyclic) bond motifs is 1. The lowest BCUT2D eigenvalue weighted by molar-refractivity contribution is -0.356. The van der Waals surface area contributed by atoms with E-state index in [1.165, 1.54) is 24.6 Å². The van der Waals surface area contributed by atoms with Gasteiger partial charge in [-0.25, -0.2) is 0 Å². The van der Waals surface area contributed by atoms with Gasteiger partial charge in [-0.1, -0.05) is 107 Å². The predicted octanol–water partition coefficient (Wildman–Crippen LogP) is 8.22. The minimum absolute atomic E-state index is 0.0377. The van der Waals surface area contributed by atoms with Crippen LogP contribution in [-0.2, 0) is 57.9 Å². The Kier molecular flexibility index (Phi) is 15.0. The first-order chi connectivity index (χ1) is 29.9. The van der Waals surface area contributed by atoms with E-state index in [4.69, 9.17) is 46.6 Å². The zero-order valence-electron chi connectivity index (χ0n) is 38.8. The predicted molar refractivity (Wildman–Crippen MR) is 243 cm³/mol. The van der Waals surface area contributed by atoms with Crippen molar-refractivity contribution in [1.29, 1.82) is 0 Å². The van der Waals surface area contributed by atoms with Gasteiger partial charge in [0, 0.05) is 46.3 Å². The van der Waals surface area contributed by atoms with Crippen molar-refractivity contribution in [2.24, 2.45) is 11.8 Å². The van der Waals surface area contributed by atoms with E-state index in [9.17, 15) is 9.36 Å². The van der Waals surface area contributed by atoms with Crippen molar-refractivity contribution in [3.63, 3.8) is 0 Å². The second-order valence-electron chi connectivity index (χ2n) is 19.5. The summed E-state index contributed by atoms with van der Waals surface area (Å²) in [7, 11) is -2.19. The highest BCUT2D eigenvalue weighted by atomic mass is 31.2. The number of carbonyl (C=O) groups excluding carboxylic acids is 1. The van der Waals surface area contributed by atoms with Gasteiger partial charge in [0.05, 0.1) is 63.1 Å². The summed E-state index contributed by atoms with van der Waals surface area (Å²) in [6.07, 6.45) is -0.317. The lowest BCUT2D eigenvalue weighted by Crippen LogP contribution is -2.67. The third-order valence-electron chi connectivity index (χ3n) is 13.3. The number of rotatable bonds is 16. The molecule has 3 aromatic carbocycles. The van der Waals surface area contributed by atoms with Crippen LogP contribution in [0.2, 0.25) is 5.04 Å². The van der Waals surface area contributed by atoms with Gasteiger partial charge in [-0.05, 0) is 58.8 Å². The third kappa shape index (κ3) is 10.8. The molecule has 4 aliphatic heterocycles. The van der Waals surface area contributed by atoms with Gasteiger partial charge in [-0.3, -0.25) is 9.36 Å². The summed E-state index contributed by atoms with van der Waals surface area (Å²) in [6, 6.07) is 29.0. The fraction of sp³-hybridized carbons (Fsp3) is 0.612. The van der Waals surface area contributed by atoms with Gasteiger partial charge < -0.3 is 46.6 Å². The van der Waals surface area contributed by atoms with Gasteiger partial charge in [-0.2, -0.15) is 0 Å². The monoisotopic (exact) mass is 908 g/mol. The second kappa shape index (κ2) is 19.6. The summed E-state index contributed by atoms with van der Waals surface area (Å²) in [4.78, 5) is 13.6. The number of ether oxygens (including phenoxy) is 7. The second-order valence-corrected chi connectivity index (χ2v) is 26.0. The van der Waals surface area contributed by atoms with Crippen LogP contribution in [0.5, 0.6) is 5.75 Å². The van der Waals surface area contributed by atoms with E-state index in [0.29, 0.717) is 38.9 Å². The number of carbonyl (C=O) groups is 1. The van der Waals surface area contributed by atoms with Crippen LogP contribution in [0.1, 0.15) is 86.1 Å². The molecule has 3 aromatic rings. The molecular formula is C49H69O12PSi. The van der Waals surface area contributed by atoms with Crippen LogP contribution in [0.3, 0.4) is 0 Å². The smallest absolute Gasteiger partial charge is 0.337 e. The molecule has 0 radical (unpaired) electrons. The summed E-state index contributed by atoms with van der Waals surface area (Å²) in [5.41, 5.74) is 0.964. The summed E-state index contributed by atoms with van der Waals surface area (Å²) < 4.78 is 76.8. The SMILES string of the molecule is COc1ccc(COC2C(CC(=O)CP(=O)(OC)OC)OC3(C[C@@H]2C)C[C@H](C)C2OC(C4CC(CO[Si](c5ccccc5)(c5ccccc5)C(C)(C)C)OC(C)(C)O4)CC2O3)cc1. The summed E-state index contributed by atoms with van der Waals surface area (Å²) in [5, 5.41) is 2.27. The lowest BCUT2D eigenvalue weighted by atomic mass is 9.79. The quantitative estimate of drug-likeness (QED) is 0.102. The highest BCUT2D eigenvalue weighted by Gasteiger charge is 2.58. The molecule has 4 heterocycles. The first-order valence-electron chi connectivity index (χ1n) is 22.5. The Morgan fingerprint density at radius 1 is 0.778 bits per heavy atom. The maximum Gasteiger partial charge on any atom is 0.337 e. The topological polar surface area (TPSA) is 126 Å². The van der Waals surface area contributed by atoms with Crippen LogP contribution in [0, 0.1) is 11.8 Å². The zero-order valence-corrected chi connectivity index (χ0v) is 40.7. The average Bonchev–Trinajstić information content (AvgIpc) is 3.68. The van der Waals surface area contributed by atoms with E-state index in [-0.39, 0.29) is 65.8 Å². The average molecular weight is 909 g/mol. The molecule has 0 bridgehead atoms. The van der Waals surface area contributed by atoms with E-state index in [0.717, 1.165) is 11.3 Å². The van der Waals surface area contributed by atoms with Crippen molar-refractivity contribution in [2.75, 3.05) is 34.1 Å². The molecule has 0 aromatic heterocycles. The first kappa shape index (κ1) is 48.2. The minimum Gasteiger partial charge on any atom is -0.497 e. The van der Waals surface area contributed by atoms with E-state index in [1.54, 1.807) is 7.11 Å². The van der Waals surface area contributed by atoms with Crippen LogP contribution >= 0.6 is 7.60 Å². The molecule has 1 spiro atoms. The van der Waals surface area contributed by atoms with Crippen LogP contribution in [-0.4, -0.2) is 103 Å². The highest BCUT2D eigenvalue weighted by molar-refractivity contribution is 7.54. The van der Waals surface area contributed by atoms with Gasteiger partial charge in [-0.15, -0.1) is 0 Å². The molecule has 12 nitrogen and oxygen atoms in total. The normalized spacial score (nSPS) is 31.1. The zero-order chi connectivity index (χ0) is 45.2. The number of Topliss-reactive ketones (excluding diaryl/α,β-unsaturated/α-hetero) is 1. The molecule has 4 fully saturated rings. The molecule has 4 saturated heterocycles. The molecule has 346 valence electrons. The fourth-order valence-corrected chi connectivity index (χ4v) is 16.1. The van der Waals surface area contributed by atoms with Crippen molar-refractivity contribution >= 4 is 32.1 Å². The molecule has 0 saturated carbocycles. The first-order valence-corrected chi connectivity index (χ1v) is 26.1. The largest absolute Gasteiger partial charge is 0.497 e. The molecule has 63 heavy (non-hydrogen) atoms. The van der Waals surface area contributed by atoms with Crippen molar-refractivity contribution in [2.45, 2.75) is 147 Å². The number of methoxy groups -OCH3 is 1. The summed E-state index contributed by atoms with van der Waals surface area (Å²) in [5.74, 6) is -1.34. The third-order valence-corrected chi connectivity index (χ3v) is 20.2. The van der Waals surface area contributed by atoms with Gasteiger partial charge in [0.25, 0.3) is 8.32 Å². The van der Waals surface area contributed by atoms with Crippen LogP contribution < -0.4 is 15.1 Å². The van der Waals surface area contributed by atoms with Crippen LogP contribution in [0.25, 0.3) is 0 Å². The van der Waals surface area contributed by atoms with E-state index in [1.807, 2.05) is 38.1 Å².